The van der Waals surface area contributed by atoms with Gasteiger partial charge in [0.15, 0.2) is 6.61 Å². The second-order valence-electron chi connectivity index (χ2n) is 9.17. The Hall–Kier alpha value is -2.02. The van der Waals surface area contributed by atoms with E-state index in [0.29, 0.717) is 11.6 Å². The van der Waals surface area contributed by atoms with Crippen LogP contribution in [0.5, 0.6) is 11.5 Å². The number of amides is 1. The van der Waals surface area contributed by atoms with Crippen molar-refractivity contribution >= 4 is 29.1 Å². The minimum Gasteiger partial charge on any atom is -0.487 e. The monoisotopic (exact) mass is 466 g/mol. The molecule has 0 aromatic heterocycles. The van der Waals surface area contributed by atoms with Crippen LogP contribution in [0, 0.1) is 5.82 Å². The van der Waals surface area contributed by atoms with E-state index in [1.54, 1.807) is 12.1 Å². The van der Waals surface area contributed by atoms with Gasteiger partial charge < -0.3 is 20.1 Å². The minimum atomic E-state index is -0.574. The first-order valence-electron chi connectivity index (χ1n) is 10.2. The molecule has 3 fully saturated rings. The van der Waals surface area contributed by atoms with Crippen molar-refractivity contribution in [2.45, 2.75) is 49.8 Å². The van der Waals surface area contributed by atoms with Gasteiger partial charge in [0.25, 0.3) is 5.91 Å². The molecule has 0 radical (unpaired) electrons. The van der Waals surface area contributed by atoms with E-state index < -0.39 is 5.82 Å². The first-order valence-corrected chi connectivity index (χ1v) is 10.9. The van der Waals surface area contributed by atoms with Crippen molar-refractivity contribution in [3.05, 3.63) is 58.3 Å². The number of hydrogen-bond donors (Lipinski definition) is 2. The summed E-state index contributed by atoms with van der Waals surface area (Å²) in [5.74, 6) is 0.263. The molecular weight excluding hydrogens is 442 g/mol. The number of hydrogen-bond acceptors (Lipinski definition) is 4. The Labute approximate surface area is 191 Å². The highest BCUT2D eigenvalue weighted by Crippen LogP contribution is 2.60. The van der Waals surface area contributed by atoms with Gasteiger partial charge in [0.05, 0.1) is 5.02 Å². The number of carbonyl (C=O) groups excluding carboxylic acids is 1. The Morgan fingerprint density at radius 2 is 1.71 bits per heavy atom. The van der Waals surface area contributed by atoms with Gasteiger partial charge in [-0.25, -0.2) is 4.39 Å². The lowest BCUT2D eigenvalue weighted by Crippen LogP contribution is -2.84. The van der Waals surface area contributed by atoms with Gasteiger partial charge in [-0.2, -0.15) is 0 Å². The van der Waals surface area contributed by atoms with Crippen molar-refractivity contribution in [3.63, 3.8) is 0 Å². The molecule has 1 amide bonds. The maximum absolute atomic E-state index is 13.4. The van der Waals surface area contributed by atoms with E-state index in [4.69, 9.17) is 32.7 Å². The lowest BCUT2D eigenvalue weighted by Gasteiger charge is -2.71. The van der Waals surface area contributed by atoms with Gasteiger partial charge in [-0.1, -0.05) is 23.2 Å². The molecule has 0 aliphatic heterocycles. The van der Waals surface area contributed by atoms with E-state index in [9.17, 15) is 9.18 Å². The predicted molar refractivity (Wildman–Crippen MR) is 119 cm³/mol. The van der Waals surface area contributed by atoms with Gasteiger partial charge in [0.2, 0.25) is 0 Å². The Morgan fingerprint density at radius 3 is 2.35 bits per heavy atom. The highest BCUT2D eigenvalue weighted by atomic mass is 35.5. The van der Waals surface area contributed by atoms with Crippen LogP contribution in [0.2, 0.25) is 10.0 Å². The summed E-state index contributed by atoms with van der Waals surface area (Å²) in [6.07, 6.45) is 2.62. The average Bonchev–Trinajstić information content (AvgIpc) is 2.65. The zero-order chi connectivity index (χ0) is 22.3. The van der Waals surface area contributed by atoms with Crippen LogP contribution < -0.4 is 20.1 Å². The van der Waals surface area contributed by atoms with Crippen LogP contribution in [0.25, 0.3) is 0 Å². The van der Waals surface area contributed by atoms with E-state index in [-0.39, 0.29) is 40.0 Å². The second kappa shape index (κ2) is 8.15. The molecule has 3 aliphatic carbocycles. The molecule has 2 aromatic carbocycles. The number of ether oxygens (including phenoxy) is 2. The van der Waals surface area contributed by atoms with Crippen LogP contribution in [-0.2, 0) is 4.79 Å². The third-order valence-electron chi connectivity index (χ3n) is 5.79. The fourth-order valence-corrected chi connectivity index (χ4v) is 4.66. The van der Waals surface area contributed by atoms with Gasteiger partial charge in [0.1, 0.15) is 22.9 Å². The molecule has 0 saturated heterocycles. The standard InChI is InChI=1S/C23H25Cl2FN2O3/c1-21(2,31-16-5-3-15(24)4-6-16)14-27-22-11-23(12-22,13-22)28-20(29)10-30-17-7-8-18(25)19(26)9-17/h3-9,27H,10-14H2,1-2H3,(H,28,29). The summed E-state index contributed by atoms with van der Waals surface area (Å²) in [6, 6.07) is 11.4. The van der Waals surface area contributed by atoms with E-state index in [0.717, 1.165) is 25.0 Å². The molecule has 5 nitrogen and oxygen atoms in total. The number of rotatable bonds is 9. The normalized spacial score (nSPS) is 24.0. The van der Waals surface area contributed by atoms with E-state index in [2.05, 4.69) is 10.6 Å². The van der Waals surface area contributed by atoms with Crippen molar-refractivity contribution in [3.8, 4) is 11.5 Å². The molecule has 3 saturated carbocycles. The first kappa shape index (κ1) is 22.2. The number of nitrogens with one attached hydrogen (secondary N) is 2. The Kier molecular flexibility index (Phi) is 5.83. The number of benzene rings is 2. The molecule has 0 atom stereocenters. The lowest BCUT2D eigenvalue weighted by molar-refractivity contribution is -0.144. The smallest absolute Gasteiger partial charge is 0.258 e. The highest BCUT2D eigenvalue weighted by molar-refractivity contribution is 6.30. The summed E-state index contributed by atoms with van der Waals surface area (Å²) in [6.45, 7) is 4.60. The molecule has 2 aromatic rings. The molecule has 31 heavy (non-hydrogen) atoms. The summed E-state index contributed by atoms with van der Waals surface area (Å²) in [5.41, 5.74) is -0.505. The molecule has 2 bridgehead atoms. The van der Waals surface area contributed by atoms with Crippen LogP contribution in [0.1, 0.15) is 33.1 Å². The topological polar surface area (TPSA) is 59.6 Å². The molecule has 3 aliphatic rings. The second-order valence-corrected chi connectivity index (χ2v) is 10.0. The van der Waals surface area contributed by atoms with Gasteiger partial charge >= 0.3 is 0 Å². The van der Waals surface area contributed by atoms with Crippen LogP contribution in [-0.4, -0.2) is 35.7 Å². The zero-order valence-electron chi connectivity index (χ0n) is 17.4. The molecular formula is C23H25Cl2FN2O3. The van der Waals surface area contributed by atoms with Gasteiger partial charge in [-0.15, -0.1) is 0 Å². The summed E-state index contributed by atoms with van der Waals surface area (Å²) in [7, 11) is 0. The lowest BCUT2D eigenvalue weighted by atomic mass is 9.44. The Bertz CT molecular complexity index is 962. The summed E-state index contributed by atoms with van der Waals surface area (Å²) in [4.78, 5) is 12.2. The Morgan fingerprint density at radius 1 is 1.06 bits per heavy atom. The molecule has 5 rings (SSSR count). The predicted octanol–water partition coefficient (Wildman–Crippen LogP) is 4.75. The van der Waals surface area contributed by atoms with Crippen molar-refractivity contribution in [1.29, 1.82) is 0 Å². The maximum atomic E-state index is 13.4. The van der Waals surface area contributed by atoms with Gasteiger partial charge in [-0.05, 0) is 69.5 Å². The third-order valence-corrected chi connectivity index (χ3v) is 6.35. The first-order chi connectivity index (χ1) is 14.6. The van der Waals surface area contributed by atoms with Gasteiger partial charge in [-0.3, -0.25) is 4.79 Å². The summed E-state index contributed by atoms with van der Waals surface area (Å²) < 4.78 is 24.9. The SMILES string of the molecule is CC(C)(CNC12CC(NC(=O)COc3ccc(Cl)c(F)c3)(C1)C2)Oc1ccc(Cl)cc1. The van der Waals surface area contributed by atoms with Crippen LogP contribution in [0.15, 0.2) is 42.5 Å². The fraction of sp³-hybridized carbons (Fsp3) is 0.435. The van der Waals surface area contributed by atoms with Crippen LogP contribution >= 0.6 is 23.2 Å². The van der Waals surface area contributed by atoms with Crippen LogP contribution in [0.4, 0.5) is 4.39 Å². The van der Waals surface area contributed by atoms with Crippen molar-refractivity contribution in [2.75, 3.05) is 13.2 Å². The Balaban J connectivity index is 1.19. The van der Waals surface area contributed by atoms with E-state index >= 15 is 0 Å². The number of carbonyl (C=O) groups is 1. The van der Waals surface area contributed by atoms with E-state index in [1.807, 2.05) is 26.0 Å². The molecule has 0 heterocycles. The largest absolute Gasteiger partial charge is 0.487 e. The molecule has 2 N–H and O–H groups in total. The summed E-state index contributed by atoms with van der Waals surface area (Å²) in [5, 5.41) is 7.36. The van der Waals surface area contributed by atoms with Crippen molar-refractivity contribution < 1.29 is 18.7 Å². The highest BCUT2D eigenvalue weighted by Gasteiger charge is 2.68. The van der Waals surface area contributed by atoms with Crippen molar-refractivity contribution in [1.82, 2.24) is 10.6 Å². The maximum Gasteiger partial charge on any atom is 0.258 e. The molecule has 0 unspecified atom stereocenters. The average molecular weight is 467 g/mol. The molecule has 0 spiro atoms. The summed E-state index contributed by atoms with van der Waals surface area (Å²) >= 11 is 11.6. The number of halogens is 3. The fourth-order valence-electron chi connectivity index (χ4n) is 4.41. The third kappa shape index (κ3) is 5.08. The van der Waals surface area contributed by atoms with Crippen LogP contribution in [0.3, 0.4) is 0 Å². The van der Waals surface area contributed by atoms with Crippen molar-refractivity contribution in [2.24, 2.45) is 0 Å². The quantitative estimate of drug-likeness (QED) is 0.559. The molecule has 8 heteroatoms. The minimum absolute atomic E-state index is 0.0187. The van der Waals surface area contributed by atoms with E-state index in [1.165, 1.54) is 18.2 Å². The van der Waals surface area contributed by atoms with Gasteiger partial charge in [0, 0.05) is 28.7 Å². The zero-order valence-corrected chi connectivity index (χ0v) is 18.9. The molecule has 166 valence electrons.